The summed E-state index contributed by atoms with van der Waals surface area (Å²) in [5.41, 5.74) is 12.0. The van der Waals surface area contributed by atoms with Gasteiger partial charge in [0.15, 0.2) is 0 Å². The first-order valence-electron chi connectivity index (χ1n) is 8.63. The fourth-order valence-electron chi connectivity index (χ4n) is 3.01. The maximum atomic E-state index is 11.7. The van der Waals surface area contributed by atoms with Crippen LogP contribution in [0.15, 0.2) is 30.3 Å². The highest BCUT2D eigenvalue weighted by molar-refractivity contribution is 6.03. The van der Waals surface area contributed by atoms with Crippen molar-refractivity contribution in [3.8, 4) is 17.0 Å². The second-order valence-electron chi connectivity index (χ2n) is 6.19. The number of aromatic amines is 1. The highest BCUT2D eigenvalue weighted by atomic mass is 16.5. The van der Waals surface area contributed by atoms with E-state index in [1.807, 2.05) is 31.2 Å². The molecule has 1 aromatic carbocycles. The fraction of sp³-hybridized carbons (Fsp3) is 0.333. The number of nitrogens with zero attached hydrogens (tertiary/aromatic N) is 1. The second-order valence-corrected chi connectivity index (χ2v) is 6.19. The minimum Gasteiger partial charge on any atom is -0.475 e. The van der Waals surface area contributed by atoms with Crippen molar-refractivity contribution < 1.29 is 19.1 Å². The van der Waals surface area contributed by atoms with Crippen LogP contribution in [0.25, 0.3) is 11.3 Å². The maximum absolute atomic E-state index is 11.7. The smallest absolute Gasteiger partial charge is 0.317 e. The van der Waals surface area contributed by atoms with Gasteiger partial charge in [0.05, 0.1) is 24.5 Å². The zero-order chi connectivity index (χ0) is 19.4. The minimum atomic E-state index is -0.795. The molecular weight excluding hydrogens is 350 g/mol. The van der Waals surface area contributed by atoms with E-state index in [-0.39, 0.29) is 17.6 Å². The molecule has 2 heterocycles. The summed E-state index contributed by atoms with van der Waals surface area (Å²) in [5, 5.41) is 2.38. The van der Waals surface area contributed by atoms with E-state index in [0.717, 1.165) is 18.7 Å². The molecule has 27 heavy (non-hydrogen) atoms. The summed E-state index contributed by atoms with van der Waals surface area (Å²) < 4.78 is 11.5. The van der Waals surface area contributed by atoms with Gasteiger partial charge in [-0.1, -0.05) is 12.1 Å². The van der Waals surface area contributed by atoms with Gasteiger partial charge in [0.1, 0.15) is 17.8 Å². The summed E-state index contributed by atoms with van der Waals surface area (Å²) in [6.07, 6.45) is -0.149. The molecule has 1 aliphatic rings. The summed E-state index contributed by atoms with van der Waals surface area (Å²) in [7, 11) is 0. The van der Waals surface area contributed by atoms with Crippen molar-refractivity contribution in [2.24, 2.45) is 11.5 Å². The zero-order valence-corrected chi connectivity index (χ0v) is 15.0. The van der Waals surface area contributed by atoms with E-state index in [1.54, 1.807) is 6.07 Å². The van der Waals surface area contributed by atoms with E-state index in [9.17, 15) is 9.59 Å². The van der Waals surface area contributed by atoms with Gasteiger partial charge in [0, 0.05) is 18.7 Å². The van der Waals surface area contributed by atoms with Gasteiger partial charge in [0.25, 0.3) is 5.91 Å². The van der Waals surface area contributed by atoms with Crippen LogP contribution in [0.1, 0.15) is 17.3 Å². The summed E-state index contributed by atoms with van der Waals surface area (Å²) in [5.74, 6) is 0.113. The number of hydrogen-bond donors (Lipinski definition) is 4. The molecule has 1 fully saturated rings. The number of carbonyl (C=O) groups excluding carboxylic acids is 2. The molecule has 3 amide bonds. The Morgan fingerprint density at radius 3 is 2.63 bits per heavy atom. The average Bonchev–Trinajstić information content (AvgIpc) is 3.06. The van der Waals surface area contributed by atoms with Gasteiger partial charge in [-0.2, -0.15) is 0 Å². The van der Waals surface area contributed by atoms with Gasteiger partial charge >= 0.3 is 6.03 Å². The number of hydrogen-bond acceptors (Lipinski definition) is 5. The number of aromatic nitrogens is 1. The van der Waals surface area contributed by atoms with Crippen LogP contribution in [0.2, 0.25) is 0 Å². The Hall–Kier alpha value is -3.04. The highest BCUT2D eigenvalue weighted by Crippen LogP contribution is 2.33. The molecule has 1 aliphatic heterocycles. The van der Waals surface area contributed by atoms with Crippen LogP contribution in [-0.2, 0) is 4.74 Å². The lowest BCUT2D eigenvalue weighted by atomic mass is 10.1. The highest BCUT2D eigenvalue weighted by Gasteiger charge is 2.21. The third-order valence-corrected chi connectivity index (χ3v) is 4.37. The predicted molar refractivity (Wildman–Crippen MR) is 100 cm³/mol. The second kappa shape index (κ2) is 8.11. The summed E-state index contributed by atoms with van der Waals surface area (Å²) in [4.78, 5) is 28.0. The Bertz CT molecular complexity index is 829. The minimum absolute atomic E-state index is 0.139. The number of amides is 3. The molecule has 0 saturated carbocycles. The van der Waals surface area contributed by atoms with Crippen LogP contribution in [0, 0.1) is 0 Å². The fourth-order valence-corrected chi connectivity index (χ4v) is 3.01. The molecule has 0 aliphatic carbocycles. The Kier molecular flexibility index (Phi) is 5.63. The number of morpholine rings is 1. The molecule has 0 spiro atoms. The molecule has 144 valence electrons. The molecule has 9 nitrogen and oxygen atoms in total. The first kappa shape index (κ1) is 18.7. The molecule has 1 atom stereocenters. The van der Waals surface area contributed by atoms with Crippen molar-refractivity contribution in [3.05, 3.63) is 35.9 Å². The molecule has 6 N–H and O–H groups in total. The van der Waals surface area contributed by atoms with E-state index in [2.05, 4.69) is 15.2 Å². The van der Waals surface area contributed by atoms with Crippen LogP contribution in [0.4, 0.5) is 10.6 Å². The number of urea groups is 1. The molecule has 0 bridgehead atoms. The van der Waals surface area contributed by atoms with E-state index in [0.29, 0.717) is 24.7 Å². The van der Waals surface area contributed by atoms with Crippen LogP contribution >= 0.6 is 0 Å². The normalized spacial score (nSPS) is 15.9. The molecule has 1 unspecified atom stereocenters. The third-order valence-electron chi connectivity index (χ3n) is 4.37. The van der Waals surface area contributed by atoms with Crippen molar-refractivity contribution in [1.82, 2.24) is 9.88 Å². The van der Waals surface area contributed by atoms with Gasteiger partial charge in [-0.05, 0) is 25.1 Å². The number of nitrogens with two attached hydrogens (primary N) is 2. The van der Waals surface area contributed by atoms with Gasteiger partial charge in [-0.15, -0.1) is 0 Å². The van der Waals surface area contributed by atoms with E-state index >= 15 is 0 Å². The molecule has 1 aromatic heterocycles. The number of nitrogens with one attached hydrogen (secondary N) is 2. The van der Waals surface area contributed by atoms with Gasteiger partial charge in [-0.25, -0.2) is 4.79 Å². The summed E-state index contributed by atoms with van der Waals surface area (Å²) in [6.45, 7) is 4.92. The van der Waals surface area contributed by atoms with Gasteiger partial charge in [-0.3, -0.25) is 15.0 Å². The number of ether oxygens (including phenoxy) is 2. The molecule has 3 rings (SSSR count). The van der Waals surface area contributed by atoms with Crippen LogP contribution in [-0.4, -0.2) is 54.4 Å². The first-order valence-corrected chi connectivity index (χ1v) is 8.63. The zero-order valence-electron chi connectivity index (χ0n) is 15.0. The van der Waals surface area contributed by atoms with Gasteiger partial charge in [0.2, 0.25) is 0 Å². The van der Waals surface area contributed by atoms with Crippen molar-refractivity contribution >= 4 is 17.8 Å². The Morgan fingerprint density at radius 2 is 1.96 bits per heavy atom. The maximum Gasteiger partial charge on any atom is 0.317 e. The molecular formula is C18H23N5O4. The van der Waals surface area contributed by atoms with Crippen LogP contribution < -0.4 is 21.5 Å². The third kappa shape index (κ3) is 4.39. The van der Waals surface area contributed by atoms with Crippen molar-refractivity contribution in [1.29, 1.82) is 0 Å². The van der Waals surface area contributed by atoms with Crippen molar-refractivity contribution in [2.75, 3.05) is 31.6 Å². The largest absolute Gasteiger partial charge is 0.475 e. The predicted octanol–water partition coefficient (Wildman–Crippen LogP) is 1.33. The molecule has 0 radical (unpaired) electrons. The Morgan fingerprint density at radius 1 is 1.26 bits per heavy atom. The summed E-state index contributed by atoms with van der Waals surface area (Å²) >= 11 is 0. The van der Waals surface area contributed by atoms with E-state index in [1.165, 1.54) is 0 Å². The van der Waals surface area contributed by atoms with Gasteiger partial charge < -0.3 is 25.9 Å². The number of anilines is 1. The lowest BCUT2D eigenvalue weighted by Crippen LogP contribution is -2.44. The Labute approximate surface area is 156 Å². The summed E-state index contributed by atoms with van der Waals surface area (Å²) in [6, 6.07) is 8.19. The number of primary amides is 2. The number of H-pyrrole nitrogens is 1. The quantitative estimate of drug-likeness (QED) is 0.606. The monoisotopic (exact) mass is 373 g/mol. The lowest BCUT2D eigenvalue weighted by molar-refractivity contribution is -0.0371. The average molecular weight is 373 g/mol. The lowest BCUT2D eigenvalue weighted by Gasteiger charge is -2.32. The number of carbonyl (C=O) groups is 2. The Balaban J connectivity index is 1.89. The number of para-hydroxylation sites is 1. The van der Waals surface area contributed by atoms with Crippen molar-refractivity contribution in [3.63, 3.8) is 0 Å². The van der Waals surface area contributed by atoms with E-state index in [4.69, 9.17) is 20.9 Å². The standard InChI is InChI=1S/C18H23N5O4/c1-11(23-6-8-26-9-7-23)27-15-5-3-2-4-12(15)14-10-13(16(19)24)17(21-14)22-18(20)25/h2-5,10-11,21H,6-9H2,1H3,(H2,19,24)(H3,20,22,25). The van der Waals surface area contributed by atoms with Crippen LogP contribution in [0.3, 0.4) is 0 Å². The molecule has 9 heteroatoms. The molecule has 2 aromatic rings. The van der Waals surface area contributed by atoms with Crippen LogP contribution in [0.5, 0.6) is 5.75 Å². The van der Waals surface area contributed by atoms with Crippen molar-refractivity contribution in [2.45, 2.75) is 13.2 Å². The van der Waals surface area contributed by atoms with E-state index < -0.39 is 11.9 Å². The number of rotatable bonds is 6. The first-order chi connectivity index (χ1) is 13.0. The SMILES string of the molecule is CC(Oc1ccccc1-c1cc(C(N)=O)c(NC(N)=O)[nH]1)N1CCOCC1. The topological polar surface area (TPSA) is 136 Å². The molecule has 1 saturated heterocycles. The number of benzene rings is 1.